The van der Waals surface area contributed by atoms with E-state index in [0.717, 1.165) is 13.0 Å². The predicted molar refractivity (Wildman–Crippen MR) is 52.8 cm³/mol. The number of hydrogen-bond acceptors (Lipinski definition) is 3. The first-order chi connectivity index (χ1) is 6.18. The highest BCUT2D eigenvalue weighted by Gasteiger charge is 2.24. The lowest BCUT2D eigenvalue weighted by Crippen LogP contribution is -2.34. The van der Waals surface area contributed by atoms with Gasteiger partial charge in [-0.2, -0.15) is 0 Å². The van der Waals surface area contributed by atoms with E-state index in [0.29, 0.717) is 19.8 Å². The summed E-state index contributed by atoms with van der Waals surface area (Å²) in [5.41, 5.74) is 0. The molecule has 0 amide bonds. The Hall–Kier alpha value is -0.120. The van der Waals surface area contributed by atoms with E-state index in [4.69, 9.17) is 14.2 Å². The van der Waals surface area contributed by atoms with Crippen LogP contribution in [0, 0.1) is 0 Å². The zero-order valence-electron chi connectivity index (χ0n) is 9.26. The zero-order chi connectivity index (χ0) is 10.2. The zero-order valence-corrected chi connectivity index (χ0v) is 9.26. The third-order valence-electron chi connectivity index (χ3n) is 1.80. The van der Waals surface area contributed by atoms with E-state index in [1.54, 1.807) is 0 Å². The fourth-order valence-electron chi connectivity index (χ4n) is 1.20. The summed E-state index contributed by atoms with van der Waals surface area (Å²) in [6.07, 6.45) is 0.780. The average Bonchev–Trinajstić information content (AvgIpc) is 2.05. The summed E-state index contributed by atoms with van der Waals surface area (Å²) in [5, 5.41) is 0. The quantitative estimate of drug-likeness (QED) is 0.434. The van der Waals surface area contributed by atoms with Gasteiger partial charge in [-0.05, 0) is 27.7 Å². The van der Waals surface area contributed by atoms with Gasteiger partial charge in [0.1, 0.15) is 0 Å². The van der Waals surface area contributed by atoms with E-state index in [9.17, 15) is 0 Å². The topological polar surface area (TPSA) is 27.7 Å². The Balaban J connectivity index is 3.76. The summed E-state index contributed by atoms with van der Waals surface area (Å²) in [6, 6.07) is 0. The van der Waals surface area contributed by atoms with E-state index in [1.165, 1.54) is 0 Å². The fraction of sp³-hybridized carbons (Fsp3) is 1.00. The van der Waals surface area contributed by atoms with E-state index in [-0.39, 0.29) is 0 Å². The van der Waals surface area contributed by atoms with E-state index in [1.807, 2.05) is 27.7 Å². The largest absolute Gasteiger partial charge is 0.382 e. The van der Waals surface area contributed by atoms with Crippen molar-refractivity contribution in [2.45, 2.75) is 39.9 Å². The molecule has 0 bridgehead atoms. The molecule has 3 nitrogen and oxygen atoms in total. The van der Waals surface area contributed by atoms with Crippen molar-refractivity contribution in [2.75, 3.05) is 26.4 Å². The summed E-state index contributed by atoms with van der Waals surface area (Å²) in [5.74, 6) is -0.474. The molecule has 80 valence electrons. The molecule has 0 spiro atoms. The van der Waals surface area contributed by atoms with Crippen molar-refractivity contribution in [1.82, 2.24) is 0 Å². The number of ether oxygens (including phenoxy) is 3. The van der Waals surface area contributed by atoms with Crippen molar-refractivity contribution < 1.29 is 14.2 Å². The summed E-state index contributed by atoms with van der Waals surface area (Å²) >= 11 is 0. The van der Waals surface area contributed by atoms with Crippen LogP contribution in [0.4, 0.5) is 0 Å². The molecule has 0 aromatic heterocycles. The van der Waals surface area contributed by atoms with Crippen LogP contribution >= 0.6 is 0 Å². The molecule has 0 aromatic rings. The number of hydrogen-bond donors (Lipinski definition) is 0. The highest BCUT2D eigenvalue weighted by atomic mass is 16.7. The molecule has 0 rings (SSSR count). The van der Waals surface area contributed by atoms with E-state index < -0.39 is 5.79 Å². The smallest absolute Gasteiger partial charge is 0.167 e. The molecule has 0 aliphatic heterocycles. The summed E-state index contributed by atoms with van der Waals surface area (Å²) in [7, 11) is 0. The first-order valence-electron chi connectivity index (χ1n) is 5.04. The lowest BCUT2D eigenvalue weighted by molar-refractivity contribution is -0.229. The van der Waals surface area contributed by atoms with E-state index >= 15 is 0 Å². The molecule has 0 aliphatic carbocycles. The monoisotopic (exact) mass is 190 g/mol. The Bertz CT molecular complexity index is 109. The Kier molecular flexibility index (Phi) is 7.23. The van der Waals surface area contributed by atoms with Gasteiger partial charge in [0.05, 0.1) is 6.61 Å². The Morgan fingerprint density at radius 2 is 1.46 bits per heavy atom. The first-order valence-corrected chi connectivity index (χ1v) is 5.04. The van der Waals surface area contributed by atoms with Gasteiger partial charge in [-0.25, -0.2) is 0 Å². The molecule has 0 heterocycles. The molecule has 0 atom stereocenters. The maximum Gasteiger partial charge on any atom is 0.167 e. The Morgan fingerprint density at radius 1 is 0.923 bits per heavy atom. The van der Waals surface area contributed by atoms with Gasteiger partial charge in [-0.3, -0.25) is 0 Å². The molecule has 0 aromatic carbocycles. The highest BCUT2D eigenvalue weighted by molar-refractivity contribution is 4.62. The maximum atomic E-state index is 5.51. The molecule has 0 saturated carbocycles. The van der Waals surface area contributed by atoms with Crippen LogP contribution in [0.15, 0.2) is 0 Å². The molecule has 0 aliphatic rings. The second kappa shape index (κ2) is 7.30. The lowest BCUT2D eigenvalue weighted by atomic mass is 10.2. The maximum absolute atomic E-state index is 5.51. The van der Waals surface area contributed by atoms with Crippen molar-refractivity contribution in [2.24, 2.45) is 0 Å². The van der Waals surface area contributed by atoms with Crippen LogP contribution in [0.25, 0.3) is 0 Å². The van der Waals surface area contributed by atoms with Crippen LogP contribution in [0.3, 0.4) is 0 Å². The minimum atomic E-state index is -0.474. The number of rotatable bonds is 8. The van der Waals surface area contributed by atoms with Crippen molar-refractivity contribution >= 4 is 0 Å². The standard InChI is InChI=1S/C10H22O3/c1-5-11-9-8-10(4,12-6-2)13-7-3/h5-9H2,1-4H3. The van der Waals surface area contributed by atoms with Crippen LogP contribution in [0.1, 0.15) is 34.1 Å². The highest BCUT2D eigenvalue weighted by Crippen LogP contribution is 2.17. The molecule has 0 radical (unpaired) electrons. The van der Waals surface area contributed by atoms with Gasteiger partial charge in [0.15, 0.2) is 5.79 Å². The molecule has 0 saturated heterocycles. The van der Waals surface area contributed by atoms with Crippen molar-refractivity contribution in [3.05, 3.63) is 0 Å². The lowest BCUT2D eigenvalue weighted by Gasteiger charge is -2.28. The third-order valence-corrected chi connectivity index (χ3v) is 1.80. The van der Waals surface area contributed by atoms with Gasteiger partial charge in [0, 0.05) is 26.2 Å². The van der Waals surface area contributed by atoms with Crippen molar-refractivity contribution in [3.63, 3.8) is 0 Å². The minimum absolute atomic E-state index is 0.474. The van der Waals surface area contributed by atoms with Gasteiger partial charge in [0.25, 0.3) is 0 Å². The molecule has 0 fully saturated rings. The van der Waals surface area contributed by atoms with Crippen molar-refractivity contribution in [1.29, 1.82) is 0 Å². The van der Waals surface area contributed by atoms with Gasteiger partial charge in [-0.15, -0.1) is 0 Å². The summed E-state index contributed by atoms with van der Waals surface area (Å²) < 4.78 is 16.3. The predicted octanol–water partition coefficient (Wildman–Crippen LogP) is 2.20. The summed E-state index contributed by atoms with van der Waals surface area (Å²) in [6.45, 7) is 10.7. The molecule has 13 heavy (non-hydrogen) atoms. The SMILES string of the molecule is CCOCCC(C)(OCC)OCC. The Morgan fingerprint density at radius 3 is 1.85 bits per heavy atom. The van der Waals surface area contributed by atoms with Crippen LogP contribution < -0.4 is 0 Å². The Labute approximate surface area is 81.4 Å². The van der Waals surface area contributed by atoms with Crippen LogP contribution in [-0.4, -0.2) is 32.2 Å². The summed E-state index contributed by atoms with van der Waals surface area (Å²) in [4.78, 5) is 0. The second-order valence-electron chi connectivity index (χ2n) is 2.95. The molecular weight excluding hydrogens is 168 g/mol. The average molecular weight is 190 g/mol. The van der Waals surface area contributed by atoms with E-state index in [2.05, 4.69) is 0 Å². The van der Waals surface area contributed by atoms with Gasteiger partial charge < -0.3 is 14.2 Å². The molecular formula is C10H22O3. The van der Waals surface area contributed by atoms with Gasteiger partial charge in [0.2, 0.25) is 0 Å². The normalized spacial score (nSPS) is 12.0. The molecule has 0 unspecified atom stereocenters. The fourth-order valence-corrected chi connectivity index (χ4v) is 1.20. The van der Waals surface area contributed by atoms with Crippen LogP contribution in [0.2, 0.25) is 0 Å². The first kappa shape index (κ1) is 12.9. The van der Waals surface area contributed by atoms with Gasteiger partial charge >= 0.3 is 0 Å². The minimum Gasteiger partial charge on any atom is -0.382 e. The molecule has 0 N–H and O–H groups in total. The van der Waals surface area contributed by atoms with Gasteiger partial charge in [-0.1, -0.05) is 0 Å². The molecule has 3 heteroatoms. The second-order valence-corrected chi connectivity index (χ2v) is 2.95. The van der Waals surface area contributed by atoms with Crippen molar-refractivity contribution in [3.8, 4) is 0 Å². The van der Waals surface area contributed by atoms with Crippen LogP contribution in [-0.2, 0) is 14.2 Å². The third kappa shape index (κ3) is 6.02. The van der Waals surface area contributed by atoms with Crippen LogP contribution in [0.5, 0.6) is 0 Å².